The number of nitrogens with one attached hydrogen (secondary N) is 1. The van der Waals surface area contributed by atoms with Gasteiger partial charge in [-0.15, -0.1) is 0 Å². The van der Waals surface area contributed by atoms with E-state index in [0.29, 0.717) is 19.6 Å². The summed E-state index contributed by atoms with van der Waals surface area (Å²) in [6.45, 7) is 6.27. The van der Waals surface area contributed by atoms with Gasteiger partial charge in [0.05, 0.1) is 6.10 Å². The number of pyridine rings is 1. The molecule has 1 atom stereocenters. The summed E-state index contributed by atoms with van der Waals surface area (Å²) >= 11 is 0. The van der Waals surface area contributed by atoms with Gasteiger partial charge in [0.2, 0.25) is 0 Å². The Balaban J connectivity index is 1.21. The molecule has 1 unspecified atom stereocenters. The molecule has 166 valence electrons. The monoisotopic (exact) mass is 422 g/mol. The van der Waals surface area contributed by atoms with Gasteiger partial charge < -0.3 is 20.2 Å². The fourth-order valence-corrected chi connectivity index (χ4v) is 4.58. The van der Waals surface area contributed by atoms with E-state index >= 15 is 0 Å². The Labute approximate surface area is 185 Å². The highest BCUT2D eigenvalue weighted by Gasteiger charge is 2.28. The lowest BCUT2D eigenvalue weighted by molar-refractivity contribution is 0.0665. The van der Waals surface area contributed by atoms with Crippen LogP contribution in [0, 0.1) is 11.8 Å². The predicted octanol–water partition coefficient (Wildman–Crippen LogP) is 3.97. The van der Waals surface area contributed by atoms with Crippen LogP contribution in [0.4, 0.5) is 10.6 Å². The molecule has 0 bridgehead atoms. The van der Waals surface area contributed by atoms with E-state index < -0.39 is 6.10 Å². The van der Waals surface area contributed by atoms with Crippen LogP contribution in [0.25, 0.3) is 0 Å². The maximum Gasteiger partial charge on any atom is 0.317 e. The van der Waals surface area contributed by atoms with E-state index in [2.05, 4.69) is 34.3 Å². The van der Waals surface area contributed by atoms with Crippen LogP contribution in [0.15, 0.2) is 48.7 Å². The molecule has 1 aromatic carbocycles. The average molecular weight is 423 g/mol. The maximum atomic E-state index is 12.6. The van der Waals surface area contributed by atoms with Crippen LogP contribution >= 0.6 is 0 Å². The van der Waals surface area contributed by atoms with Gasteiger partial charge in [0, 0.05) is 38.9 Å². The summed E-state index contributed by atoms with van der Waals surface area (Å²) in [4.78, 5) is 21.4. The van der Waals surface area contributed by atoms with Gasteiger partial charge in [0.15, 0.2) is 0 Å². The molecule has 0 spiro atoms. The zero-order valence-corrected chi connectivity index (χ0v) is 18.4. The smallest absolute Gasteiger partial charge is 0.317 e. The molecule has 2 N–H and O–H groups in total. The summed E-state index contributed by atoms with van der Waals surface area (Å²) in [5.41, 5.74) is 1.97. The number of rotatable bonds is 5. The van der Waals surface area contributed by atoms with Crippen molar-refractivity contribution in [1.82, 2.24) is 15.2 Å². The summed E-state index contributed by atoms with van der Waals surface area (Å²) in [5, 5.41) is 13.6. The number of piperidine rings is 2. The van der Waals surface area contributed by atoms with Gasteiger partial charge in [-0.2, -0.15) is 0 Å². The number of urea groups is 1. The zero-order chi connectivity index (χ0) is 21.6. The average Bonchev–Trinajstić information content (AvgIpc) is 2.83. The number of likely N-dealkylation sites (tertiary alicyclic amines) is 1. The predicted molar refractivity (Wildman–Crippen MR) is 123 cm³/mol. The molecule has 1 aromatic heterocycles. The van der Waals surface area contributed by atoms with Gasteiger partial charge in [-0.05, 0) is 54.7 Å². The number of aromatic nitrogens is 1. The first kappa shape index (κ1) is 21.6. The SMILES string of the molecule is CC1CCN(c2ccc(CNC(=O)N3CCC(C(O)c4ccccc4)CC3)cn2)CC1. The van der Waals surface area contributed by atoms with Gasteiger partial charge in [0.1, 0.15) is 5.82 Å². The molecule has 0 saturated carbocycles. The lowest BCUT2D eigenvalue weighted by atomic mass is 9.87. The second-order valence-electron chi connectivity index (χ2n) is 9.03. The lowest BCUT2D eigenvalue weighted by Gasteiger charge is -2.34. The Morgan fingerprint density at radius 3 is 2.42 bits per heavy atom. The summed E-state index contributed by atoms with van der Waals surface area (Å²) in [5.74, 6) is 2.03. The minimum absolute atomic E-state index is 0.0401. The van der Waals surface area contributed by atoms with Crippen molar-refractivity contribution in [1.29, 1.82) is 0 Å². The van der Waals surface area contributed by atoms with E-state index in [9.17, 15) is 9.90 Å². The molecule has 0 aliphatic carbocycles. The first-order valence-electron chi connectivity index (χ1n) is 11.6. The molecular weight excluding hydrogens is 388 g/mol. The Morgan fingerprint density at radius 2 is 1.77 bits per heavy atom. The highest BCUT2D eigenvalue weighted by Crippen LogP contribution is 2.30. The van der Waals surface area contributed by atoms with Gasteiger partial charge in [0.25, 0.3) is 0 Å². The number of carbonyl (C=O) groups excluding carboxylic acids is 1. The minimum Gasteiger partial charge on any atom is -0.388 e. The van der Waals surface area contributed by atoms with Crippen LogP contribution in [0.5, 0.6) is 0 Å². The second-order valence-corrected chi connectivity index (χ2v) is 9.03. The van der Waals surface area contributed by atoms with Crippen LogP contribution in [-0.4, -0.2) is 47.2 Å². The van der Waals surface area contributed by atoms with Crippen LogP contribution in [0.3, 0.4) is 0 Å². The largest absolute Gasteiger partial charge is 0.388 e. The normalized spacial score (nSPS) is 19.3. The fourth-order valence-electron chi connectivity index (χ4n) is 4.58. The fraction of sp³-hybridized carbons (Fsp3) is 0.520. The molecule has 0 radical (unpaired) electrons. The molecule has 2 amide bonds. The Kier molecular flexibility index (Phi) is 7.07. The van der Waals surface area contributed by atoms with Crippen LogP contribution < -0.4 is 10.2 Å². The van der Waals surface area contributed by atoms with Crippen molar-refractivity contribution in [3.8, 4) is 0 Å². The number of aliphatic hydroxyl groups excluding tert-OH is 1. The third kappa shape index (κ3) is 5.56. The van der Waals surface area contributed by atoms with Gasteiger partial charge in [-0.1, -0.05) is 43.3 Å². The molecule has 31 heavy (non-hydrogen) atoms. The van der Waals surface area contributed by atoms with E-state index in [4.69, 9.17) is 0 Å². The van der Waals surface area contributed by atoms with Crippen molar-refractivity contribution in [3.63, 3.8) is 0 Å². The van der Waals surface area contributed by atoms with Crippen LogP contribution in [0.1, 0.15) is 49.8 Å². The van der Waals surface area contributed by atoms with Crippen LogP contribution in [0.2, 0.25) is 0 Å². The standard InChI is InChI=1S/C25H34N4O2/c1-19-9-13-28(14-10-19)23-8-7-20(17-26-23)18-27-25(31)29-15-11-22(12-16-29)24(30)21-5-3-2-4-6-21/h2-8,17,19,22,24,30H,9-16,18H2,1H3,(H,27,31). The highest BCUT2D eigenvalue weighted by molar-refractivity contribution is 5.74. The summed E-state index contributed by atoms with van der Waals surface area (Å²) in [6.07, 6.45) is 5.48. The number of aliphatic hydroxyl groups is 1. The molecule has 2 fully saturated rings. The third-order valence-corrected chi connectivity index (χ3v) is 6.77. The molecule has 2 aromatic rings. The molecule has 2 aliphatic rings. The van der Waals surface area contributed by atoms with Crippen molar-refractivity contribution in [2.45, 2.75) is 45.3 Å². The quantitative estimate of drug-likeness (QED) is 0.765. The Hall–Kier alpha value is -2.60. The molecule has 4 rings (SSSR count). The molecule has 3 heterocycles. The molecule has 2 aliphatic heterocycles. The summed E-state index contributed by atoms with van der Waals surface area (Å²) < 4.78 is 0. The maximum absolute atomic E-state index is 12.6. The highest BCUT2D eigenvalue weighted by atomic mass is 16.3. The Bertz CT molecular complexity index is 826. The van der Waals surface area contributed by atoms with E-state index in [1.807, 2.05) is 41.4 Å². The number of carbonyl (C=O) groups is 1. The van der Waals surface area contributed by atoms with Crippen molar-refractivity contribution < 1.29 is 9.90 Å². The number of nitrogens with zero attached hydrogens (tertiary/aromatic N) is 3. The van der Waals surface area contributed by atoms with E-state index in [1.165, 1.54) is 12.8 Å². The van der Waals surface area contributed by atoms with Crippen molar-refractivity contribution >= 4 is 11.8 Å². The van der Waals surface area contributed by atoms with Gasteiger partial charge >= 0.3 is 6.03 Å². The Morgan fingerprint density at radius 1 is 1.06 bits per heavy atom. The number of benzene rings is 1. The number of amides is 2. The van der Waals surface area contributed by atoms with E-state index in [1.54, 1.807) is 0 Å². The molecule has 2 saturated heterocycles. The summed E-state index contributed by atoms with van der Waals surface area (Å²) in [7, 11) is 0. The zero-order valence-electron chi connectivity index (χ0n) is 18.4. The van der Waals surface area contributed by atoms with E-state index in [0.717, 1.165) is 48.8 Å². The first-order valence-corrected chi connectivity index (χ1v) is 11.6. The topological polar surface area (TPSA) is 68.7 Å². The molecular formula is C25H34N4O2. The number of hydrogen-bond acceptors (Lipinski definition) is 4. The van der Waals surface area contributed by atoms with Crippen LogP contribution in [-0.2, 0) is 6.54 Å². The summed E-state index contributed by atoms with van der Waals surface area (Å²) in [6, 6.07) is 13.9. The van der Waals surface area contributed by atoms with Crippen molar-refractivity contribution in [3.05, 3.63) is 59.8 Å². The lowest BCUT2D eigenvalue weighted by Crippen LogP contribution is -2.45. The van der Waals surface area contributed by atoms with Gasteiger partial charge in [-0.3, -0.25) is 0 Å². The van der Waals surface area contributed by atoms with Gasteiger partial charge in [-0.25, -0.2) is 9.78 Å². The molecule has 6 heteroatoms. The van der Waals surface area contributed by atoms with Crippen molar-refractivity contribution in [2.75, 3.05) is 31.1 Å². The molecule has 6 nitrogen and oxygen atoms in total. The third-order valence-electron chi connectivity index (χ3n) is 6.77. The first-order chi connectivity index (χ1) is 15.1. The number of hydrogen-bond donors (Lipinski definition) is 2. The van der Waals surface area contributed by atoms with E-state index in [-0.39, 0.29) is 11.9 Å². The van der Waals surface area contributed by atoms with Crippen molar-refractivity contribution in [2.24, 2.45) is 11.8 Å². The second kappa shape index (κ2) is 10.1. The number of anilines is 1. The minimum atomic E-state index is -0.459.